The number of hydrogen-bond donors (Lipinski definition) is 2. The van der Waals surface area contributed by atoms with Crippen LogP contribution in [-0.4, -0.2) is 30.2 Å². The van der Waals surface area contributed by atoms with Gasteiger partial charge in [0.25, 0.3) is 0 Å². The molecule has 0 spiro atoms. The van der Waals surface area contributed by atoms with Crippen molar-refractivity contribution in [2.75, 3.05) is 13.2 Å². The van der Waals surface area contributed by atoms with Crippen LogP contribution in [-0.2, 0) is 9.53 Å². The van der Waals surface area contributed by atoms with Crippen molar-refractivity contribution >= 4 is 23.1 Å². The van der Waals surface area contributed by atoms with Crippen LogP contribution in [0.2, 0.25) is 0 Å². The summed E-state index contributed by atoms with van der Waals surface area (Å²) >= 11 is 5.03. The predicted octanol–water partition coefficient (Wildman–Crippen LogP) is 1.62. The molecule has 3 N–H and O–H groups in total. The van der Waals surface area contributed by atoms with E-state index >= 15 is 0 Å². The van der Waals surface area contributed by atoms with E-state index in [1.54, 1.807) is 0 Å². The molecule has 0 bridgehead atoms. The van der Waals surface area contributed by atoms with Gasteiger partial charge in [0.1, 0.15) is 0 Å². The highest BCUT2D eigenvalue weighted by Crippen LogP contribution is 2.27. The third-order valence-electron chi connectivity index (χ3n) is 3.06. The van der Waals surface area contributed by atoms with E-state index in [-0.39, 0.29) is 16.9 Å². The van der Waals surface area contributed by atoms with E-state index in [1.165, 1.54) is 0 Å². The summed E-state index contributed by atoms with van der Waals surface area (Å²) in [5.41, 5.74) is 4.98. The molecule has 0 aromatic rings. The number of thiocarbonyl (C=S) groups is 1. The van der Waals surface area contributed by atoms with Gasteiger partial charge < -0.3 is 15.8 Å². The van der Waals surface area contributed by atoms with Gasteiger partial charge in [0.2, 0.25) is 5.91 Å². The Labute approximate surface area is 109 Å². The van der Waals surface area contributed by atoms with Crippen LogP contribution in [0, 0.1) is 5.41 Å². The Bertz CT molecular complexity index is 265. The first-order valence-corrected chi connectivity index (χ1v) is 6.54. The van der Waals surface area contributed by atoms with Gasteiger partial charge in [-0.15, -0.1) is 0 Å². The van der Waals surface area contributed by atoms with Gasteiger partial charge in [0, 0.05) is 12.6 Å². The van der Waals surface area contributed by atoms with E-state index in [0.29, 0.717) is 26.1 Å². The van der Waals surface area contributed by atoms with Crippen molar-refractivity contribution in [3.8, 4) is 0 Å². The van der Waals surface area contributed by atoms with Crippen LogP contribution in [0.15, 0.2) is 0 Å². The highest BCUT2D eigenvalue weighted by Gasteiger charge is 2.38. The van der Waals surface area contributed by atoms with Crippen LogP contribution >= 0.6 is 12.2 Å². The number of hydrogen-bond acceptors (Lipinski definition) is 3. The average Bonchev–Trinajstić information content (AvgIpc) is 2.28. The summed E-state index contributed by atoms with van der Waals surface area (Å²) in [5, 5.41) is 2.91. The highest BCUT2D eigenvalue weighted by atomic mass is 32.1. The molecule has 100 valence electrons. The minimum absolute atomic E-state index is 0.0331. The summed E-state index contributed by atoms with van der Waals surface area (Å²) in [4.78, 5) is 12.5. The third-order valence-corrected chi connectivity index (χ3v) is 3.45. The molecule has 4 nitrogen and oxygen atoms in total. The second-order valence-corrected chi connectivity index (χ2v) is 4.63. The molecule has 0 fully saturated rings. The minimum atomic E-state index is -0.726. The molecule has 0 rings (SSSR count). The van der Waals surface area contributed by atoms with Gasteiger partial charge in [-0.2, -0.15) is 0 Å². The molecule has 0 saturated carbocycles. The fourth-order valence-corrected chi connectivity index (χ4v) is 2.11. The second-order valence-electron chi connectivity index (χ2n) is 4.19. The summed E-state index contributed by atoms with van der Waals surface area (Å²) in [6, 6.07) is -0.0331. The van der Waals surface area contributed by atoms with Crippen LogP contribution in [0.3, 0.4) is 0 Å². The zero-order chi connectivity index (χ0) is 13.5. The van der Waals surface area contributed by atoms with Crippen molar-refractivity contribution in [1.82, 2.24) is 5.32 Å². The standard InChI is InChI=1S/C12H24N2O2S/c1-5-12(6-2,10(13)17)11(15)14-9(4)8-16-7-3/h9H,5-8H2,1-4H3,(H2,13,17)(H,14,15). The van der Waals surface area contributed by atoms with Crippen LogP contribution in [0.25, 0.3) is 0 Å². The molecule has 5 heteroatoms. The molecular weight excluding hydrogens is 236 g/mol. The number of rotatable bonds is 8. The number of ether oxygens (including phenoxy) is 1. The Morgan fingerprint density at radius 1 is 1.41 bits per heavy atom. The molecular formula is C12H24N2O2S. The van der Waals surface area contributed by atoms with Gasteiger partial charge in [-0.05, 0) is 26.7 Å². The molecule has 0 radical (unpaired) electrons. The summed E-state index contributed by atoms with van der Waals surface area (Å²) in [6.07, 6.45) is 1.23. The average molecular weight is 260 g/mol. The fourth-order valence-electron chi connectivity index (χ4n) is 1.73. The molecule has 0 aliphatic rings. The Morgan fingerprint density at radius 2 is 1.94 bits per heavy atom. The first-order valence-electron chi connectivity index (χ1n) is 6.13. The molecule has 0 saturated heterocycles. The molecule has 0 aliphatic heterocycles. The first-order chi connectivity index (χ1) is 7.94. The molecule has 0 heterocycles. The number of amides is 1. The lowest BCUT2D eigenvalue weighted by molar-refractivity contribution is -0.128. The van der Waals surface area contributed by atoms with Crippen molar-refractivity contribution in [1.29, 1.82) is 0 Å². The third kappa shape index (κ3) is 4.24. The van der Waals surface area contributed by atoms with Crippen LogP contribution in [0.4, 0.5) is 0 Å². The van der Waals surface area contributed by atoms with Crippen LogP contribution in [0.5, 0.6) is 0 Å². The number of carbonyl (C=O) groups excluding carboxylic acids is 1. The smallest absolute Gasteiger partial charge is 0.233 e. The van der Waals surface area contributed by atoms with Crippen LogP contribution in [0.1, 0.15) is 40.5 Å². The van der Waals surface area contributed by atoms with Crippen molar-refractivity contribution in [3.05, 3.63) is 0 Å². The van der Waals surface area contributed by atoms with Crippen molar-refractivity contribution in [2.45, 2.75) is 46.6 Å². The molecule has 0 aromatic heterocycles. The number of nitrogens with one attached hydrogen (secondary N) is 1. The quantitative estimate of drug-likeness (QED) is 0.651. The first kappa shape index (κ1) is 16.3. The van der Waals surface area contributed by atoms with Gasteiger partial charge in [0.05, 0.1) is 17.0 Å². The molecule has 1 atom stereocenters. The molecule has 0 aliphatic carbocycles. The monoisotopic (exact) mass is 260 g/mol. The van der Waals surface area contributed by atoms with E-state index in [1.807, 2.05) is 27.7 Å². The topological polar surface area (TPSA) is 64.3 Å². The molecule has 17 heavy (non-hydrogen) atoms. The summed E-state index contributed by atoms with van der Waals surface area (Å²) < 4.78 is 5.26. The second kappa shape index (κ2) is 7.61. The minimum Gasteiger partial charge on any atom is -0.392 e. The lowest BCUT2D eigenvalue weighted by Crippen LogP contribution is -2.51. The number of nitrogens with two attached hydrogens (primary N) is 1. The van der Waals surface area contributed by atoms with E-state index in [2.05, 4.69) is 5.32 Å². The Balaban J connectivity index is 4.59. The summed E-state index contributed by atoms with van der Waals surface area (Å²) in [7, 11) is 0. The molecule has 0 aromatic carbocycles. The van der Waals surface area contributed by atoms with Crippen molar-refractivity contribution in [2.24, 2.45) is 11.1 Å². The maximum Gasteiger partial charge on any atom is 0.233 e. The zero-order valence-electron chi connectivity index (χ0n) is 11.2. The van der Waals surface area contributed by atoms with Gasteiger partial charge in [-0.3, -0.25) is 4.79 Å². The SMILES string of the molecule is CCOCC(C)NC(=O)C(CC)(CC)C(N)=S. The molecule has 1 unspecified atom stereocenters. The van der Waals surface area contributed by atoms with Gasteiger partial charge in [0.15, 0.2) is 0 Å². The summed E-state index contributed by atoms with van der Waals surface area (Å²) in [5.74, 6) is -0.0952. The highest BCUT2D eigenvalue weighted by molar-refractivity contribution is 7.80. The van der Waals surface area contributed by atoms with Gasteiger partial charge in [-0.25, -0.2) is 0 Å². The van der Waals surface area contributed by atoms with E-state index in [4.69, 9.17) is 22.7 Å². The van der Waals surface area contributed by atoms with Crippen molar-refractivity contribution in [3.63, 3.8) is 0 Å². The van der Waals surface area contributed by atoms with E-state index in [0.717, 1.165) is 0 Å². The Kier molecular flexibility index (Phi) is 7.30. The lowest BCUT2D eigenvalue weighted by atomic mass is 9.81. The molecule has 1 amide bonds. The maximum absolute atomic E-state index is 12.2. The Hall–Kier alpha value is -0.680. The maximum atomic E-state index is 12.2. The summed E-state index contributed by atoms with van der Waals surface area (Å²) in [6.45, 7) is 8.82. The van der Waals surface area contributed by atoms with Gasteiger partial charge in [-0.1, -0.05) is 26.1 Å². The fraction of sp³-hybridized carbons (Fsp3) is 0.833. The lowest BCUT2D eigenvalue weighted by Gasteiger charge is -2.30. The largest absolute Gasteiger partial charge is 0.392 e. The van der Waals surface area contributed by atoms with E-state index < -0.39 is 5.41 Å². The van der Waals surface area contributed by atoms with Crippen LogP contribution < -0.4 is 11.1 Å². The van der Waals surface area contributed by atoms with Gasteiger partial charge >= 0.3 is 0 Å². The predicted molar refractivity (Wildman–Crippen MR) is 73.9 cm³/mol. The number of carbonyl (C=O) groups is 1. The Morgan fingerprint density at radius 3 is 2.29 bits per heavy atom. The zero-order valence-corrected chi connectivity index (χ0v) is 12.0. The van der Waals surface area contributed by atoms with Crippen molar-refractivity contribution < 1.29 is 9.53 Å². The normalized spacial score (nSPS) is 13.2. The van der Waals surface area contributed by atoms with E-state index in [9.17, 15) is 4.79 Å².